The van der Waals surface area contributed by atoms with E-state index in [1.807, 2.05) is 6.92 Å². The van der Waals surface area contributed by atoms with Crippen LogP contribution >= 0.6 is 0 Å². The van der Waals surface area contributed by atoms with Crippen LogP contribution in [0.2, 0.25) is 0 Å². The van der Waals surface area contributed by atoms with Crippen molar-refractivity contribution in [2.45, 2.75) is 31.0 Å². The highest BCUT2D eigenvalue weighted by molar-refractivity contribution is 7.89. The second-order valence-corrected chi connectivity index (χ2v) is 7.67. The van der Waals surface area contributed by atoms with Crippen molar-refractivity contribution < 1.29 is 26.3 Å². The molecule has 1 aromatic rings. The van der Waals surface area contributed by atoms with Gasteiger partial charge in [0.1, 0.15) is 5.75 Å². The second-order valence-electron chi connectivity index (χ2n) is 5.91. The van der Waals surface area contributed by atoms with Gasteiger partial charge in [0, 0.05) is 12.6 Å². The number of nitrogens with one attached hydrogen (secondary N) is 2. The van der Waals surface area contributed by atoms with Crippen molar-refractivity contribution in [1.82, 2.24) is 10.0 Å². The lowest BCUT2D eigenvalue weighted by Gasteiger charge is -2.34. The van der Waals surface area contributed by atoms with E-state index >= 15 is 0 Å². The first kappa shape index (κ1) is 18.0. The lowest BCUT2D eigenvalue weighted by atomic mass is 9.81. The summed E-state index contributed by atoms with van der Waals surface area (Å²) in [6.07, 6.45) is -3.21. The van der Waals surface area contributed by atoms with E-state index in [1.54, 1.807) is 0 Å². The molecule has 2 N–H and O–H groups in total. The van der Waals surface area contributed by atoms with Crippen LogP contribution in [0.3, 0.4) is 0 Å². The van der Waals surface area contributed by atoms with Crippen LogP contribution < -0.4 is 14.8 Å². The lowest BCUT2D eigenvalue weighted by Crippen LogP contribution is -2.42. The van der Waals surface area contributed by atoms with Crippen molar-refractivity contribution in [2.24, 2.45) is 5.41 Å². The quantitative estimate of drug-likeness (QED) is 0.853. The molecular weight excluding hydrogens is 333 g/mol. The minimum absolute atomic E-state index is 0.168. The maximum absolute atomic E-state index is 12.3. The van der Waals surface area contributed by atoms with Crippen LogP contribution in [0.25, 0.3) is 0 Å². The molecule has 0 atom stereocenters. The van der Waals surface area contributed by atoms with Crippen LogP contribution in [-0.2, 0) is 10.0 Å². The molecule has 0 aliphatic carbocycles. The molecule has 0 saturated carbocycles. The van der Waals surface area contributed by atoms with Crippen LogP contribution in [-0.4, -0.2) is 34.4 Å². The normalized spacial score (nSPS) is 18.6. The molecule has 1 fully saturated rings. The summed E-state index contributed by atoms with van der Waals surface area (Å²) in [7, 11) is -3.89. The Morgan fingerprint density at radius 1 is 1.30 bits per heavy atom. The third kappa shape index (κ3) is 5.36. The van der Waals surface area contributed by atoms with Crippen LogP contribution in [0, 0.1) is 5.41 Å². The zero-order chi connectivity index (χ0) is 17.1. The standard InChI is InChI=1S/C14H19F3N2O3S/c1-13(5-7-18-8-6-13)10-19-23(20,21)12-4-2-3-11(9-12)22-14(15,16)17/h2-4,9,18-19H,5-8,10H2,1H3. The highest BCUT2D eigenvalue weighted by Crippen LogP contribution is 2.28. The number of ether oxygens (including phenoxy) is 1. The van der Waals surface area contributed by atoms with Gasteiger partial charge < -0.3 is 10.1 Å². The first-order valence-electron chi connectivity index (χ1n) is 7.16. The fourth-order valence-electron chi connectivity index (χ4n) is 2.40. The minimum atomic E-state index is -4.86. The van der Waals surface area contributed by atoms with Gasteiger partial charge in [-0.1, -0.05) is 13.0 Å². The molecule has 2 rings (SSSR count). The molecule has 23 heavy (non-hydrogen) atoms. The Kier molecular flexibility index (Phi) is 5.22. The smallest absolute Gasteiger partial charge is 0.406 e. The molecule has 1 saturated heterocycles. The van der Waals surface area contributed by atoms with Gasteiger partial charge >= 0.3 is 6.36 Å². The summed E-state index contributed by atoms with van der Waals surface area (Å²) < 4.78 is 67.4. The molecule has 130 valence electrons. The summed E-state index contributed by atoms with van der Waals surface area (Å²) >= 11 is 0. The van der Waals surface area contributed by atoms with E-state index in [1.165, 1.54) is 12.1 Å². The number of alkyl halides is 3. The van der Waals surface area contributed by atoms with Gasteiger partial charge in [-0.05, 0) is 43.5 Å². The third-order valence-corrected chi connectivity index (χ3v) is 5.25. The van der Waals surface area contributed by atoms with E-state index in [4.69, 9.17) is 0 Å². The molecule has 0 bridgehead atoms. The van der Waals surface area contributed by atoms with Crippen molar-refractivity contribution >= 4 is 10.0 Å². The van der Waals surface area contributed by atoms with E-state index in [2.05, 4.69) is 14.8 Å². The SMILES string of the molecule is CC1(CNS(=O)(=O)c2cccc(OC(F)(F)F)c2)CCNCC1. The van der Waals surface area contributed by atoms with Crippen LogP contribution in [0.4, 0.5) is 13.2 Å². The van der Waals surface area contributed by atoms with Gasteiger partial charge in [-0.25, -0.2) is 13.1 Å². The Morgan fingerprint density at radius 2 is 1.96 bits per heavy atom. The van der Waals surface area contributed by atoms with E-state index in [0.717, 1.165) is 38.1 Å². The average molecular weight is 352 g/mol. The fraction of sp³-hybridized carbons (Fsp3) is 0.571. The van der Waals surface area contributed by atoms with Gasteiger partial charge in [0.2, 0.25) is 10.0 Å². The van der Waals surface area contributed by atoms with Gasteiger partial charge in [0.25, 0.3) is 0 Å². The Hall–Kier alpha value is -1.32. The molecule has 1 heterocycles. The van der Waals surface area contributed by atoms with Crippen molar-refractivity contribution in [3.8, 4) is 5.75 Å². The average Bonchev–Trinajstić information content (AvgIpc) is 2.45. The fourth-order valence-corrected chi connectivity index (χ4v) is 3.63. The maximum atomic E-state index is 12.3. The van der Waals surface area contributed by atoms with E-state index in [-0.39, 0.29) is 16.9 Å². The Labute approximate surface area is 133 Å². The van der Waals surface area contributed by atoms with Crippen LogP contribution in [0.5, 0.6) is 5.75 Å². The van der Waals surface area contributed by atoms with Crippen molar-refractivity contribution in [3.63, 3.8) is 0 Å². The monoisotopic (exact) mass is 352 g/mol. The molecule has 5 nitrogen and oxygen atoms in total. The summed E-state index contributed by atoms with van der Waals surface area (Å²) in [4.78, 5) is -0.253. The molecule has 0 radical (unpaired) electrons. The predicted molar refractivity (Wildman–Crippen MR) is 78.5 cm³/mol. The number of rotatable bonds is 5. The summed E-state index contributed by atoms with van der Waals surface area (Å²) in [6, 6.07) is 4.36. The van der Waals surface area contributed by atoms with Gasteiger partial charge in [0.05, 0.1) is 4.90 Å². The minimum Gasteiger partial charge on any atom is -0.406 e. The lowest BCUT2D eigenvalue weighted by molar-refractivity contribution is -0.274. The van der Waals surface area contributed by atoms with Gasteiger partial charge in [-0.3, -0.25) is 0 Å². The number of sulfonamides is 1. The maximum Gasteiger partial charge on any atom is 0.573 e. The molecule has 0 aromatic heterocycles. The molecule has 9 heteroatoms. The number of piperidine rings is 1. The van der Waals surface area contributed by atoms with Crippen LogP contribution in [0.15, 0.2) is 29.2 Å². The third-order valence-electron chi connectivity index (χ3n) is 3.85. The zero-order valence-corrected chi connectivity index (χ0v) is 13.4. The first-order valence-corrected chi connectivity index (χ1v) is 8.64. The van der Waals surface area contributed by atoms with Crippen molar-refractivity contribution in [1.29, 1.82) is 0 Å². The molecule has 0 spiro atoms. The van der Waals surface area contributed by atoms with Gasteiger partial charge in [-0.15, -0.1) is 13.2 Å². The molecule has 1 aromatic carbocycles. The van der Waals surface area contributed by atoms with E-state index in [9.17, 15) is 21.6 Å². The summed E-state index contributed by atoms with van der Waals surface area (Å²) in [6.45, 7) is 3.85. The van der Waals surface area contributed by atoms with Crippen molar-refractivity contribution in [3.05, 3.63) is 24.3 Å². The topological polar surface area (TPSA) is 67.4 Å². The number of benzene rings is 1. The second kappa shape index (κ2) is 6.66. The largest absolute Gasteiger partial charge is 0.573 e. The predicted octanol–water partition coefficient (Wildman–Crippen LogP) is 2.25. The van der Waals surface area contributed by atoms with E-state index in [0.29, 0.717) is 0 Å². The number of halogens is 3. The summed E-state index contributed by atoms with van der Waals surface area (Å²) in [5, 5.41) is 3.20. The van der Waals surface area contributed by atoms with Gasteiger partial charge in [-0.2, -0.15) is 0 Å². The molecular formula is C14H19F3N2O3S. The molecule has 1 aliphatic heterocycles. The Balaban J connectivity index is 2.08. The zero-order valence-electron chi connectivity index (χ0n) is 12.6. The molecule has 1 aliphatic rings. The Bertz CT molecular complexity index is 641. The molecule has 0 amide bonds. The number of hydrogen-bond donors (Lipinski definition) is 2. The highest BCUT2D eigenvalue weighted by Gasteiger charge is 2.32. The molecule has 0 unspecified atom stereocenters. The summed E-state index contributed by atoms with van der Waals surface area (Å²) in [5.74, 6) is -0.562. The Morgan fingerprint density at radius 3 is 2.57 bits per heavy atom. The van der Waals surface area contributed by atoms with Crippen molar-refractivity contribution in [2.75, 3.05) is 19.6 Å². The highest BCUT2D eigenvalue weighted by atomic mass is 32.2. The number of hydrogen-bond acceptors (Lipinski definition) is 4. The van der Waals surface area contributed by atoms with Gasteiger partial charge in [0.15, 0.2) is 0 Å². The van der Waals surface area contributed by atoms with E-state index < -0.39 is 22.1 Å². The van der Waals surface area contributed by atoms with Crippen LogP contribution in [0.1, 0.15) is 19.8 Å². The summed E-state index contributed by atoms with van der Waals surface area (Å²) in [5.41, 5.74) is -0.168. The first-order chi connectivity index (χ1) is 10.6.